The molecule has 2 aromatic carbocycles. The molecule has 0 bridgehead atoms. The summed E-state index contributed by atoms with van der Waals surface area (Å²) in [4.78, 5) is 0. The molecule has 0 spiro atoms. The molecule has 0 amide bonds. The molecule has 0 aliphatic rings. The molecule has 0 unspecified atom stereocenters. The van der Waals surface area contributed by atoms with Gasteiger partial charge in [-0.25, -0.2) is 5.01 Å². The molecule has 16 heavy (non-hydrogen) atoms. The molecule has 0 aliphatic carbocycles. The summed E-state index contributed by atoms with van der Waals surface area (Å²) >= 11 is 0. The van der Waals surface area contributed by atoms with Crippen molar-refractivity contribution in [2.24, 2.45) is 0 Å². The highest BCUT2D eigenvalue weighted by molar-refractivity contribution is 5.97. The standard InChI is InChI=1S/C13H13N3/c1-16(2)15-13-8-7-10(9-14)11-5-3-4-6-12(11)13/h3-8,15H,1-2H3. The summed E-state index contributed by atoms with van der Waals surface area (Å²) in [5.41, 5.74) is 4.94. The lowest BCUT2D eigenvalue weighted by Crippen LogP contribution is -2.19. The van der Waals surface area contributed by atoms with Gasteiger partial charge in [-0.05, 0) is 12.1 Å². The van der Waals surface area contributed by atoms with E-state index in [9.17, 15) is 0 Å². The Morgan fingerprint density at radius 2 is 1.75 bits per heavy atom. The largest absolute Gasteiger partial charge is 0.319 e. The van der Waals surface area contributed by atoms with Crippen LogP contribution in [-0.2, 0) is 0 Å². The quantitative estimate of drug-likeness (QED) is 0.776. The second kappa shape index (κ2) is 4.21. The lowest BCUT2D eigenvalue weighted by Gasteiger charge is -2.15. The first-order valence-electron chi connectivity index (χ1n) is 5.08. The summed E-state index contributed by atoms with van der Waals surface area (Å²) in [6.07, 6.45) is 0. The van der Waals surface area contributed by atoms with Crippen LogP contribution in [-0.4, -0.2) is 19.1 Å². The van der Waals surface area contributed by atoms with Gasteiger partial charge in [0.15, 0.2) is 0 Å². The van der Waals surface area contributed by atoms with Crippen LogP contribution in [0.2, 0.25) is 0 Å². The summed E-state index contributed by atoms with van der Waals surface area (Å²) in [7, 11) is 3.87. The molecule has 0 saturated carbocycles. The average Bonchev–Trinajstić information content (AvgIpc) is 2.29. The van der Waals surface area contributed by atoms with Crippen molar-refractivity contribution in [1.82, 2.24) is 5.01 Å². The van der Waals surface area contributed by atoms with E-state index in [2.05, 4.69) is 11.5 Å². The highest BCUT2D eigenvalue weighted by Gasteiger charge is 2.04. The fraction of sp³-hybridized carbons (Fsp3) is 0.154. The minimum Gasteiger partial charge on any atom is -0.319 e. The van der Waals surface area contributed by atoms with E-state index in [0.717, 1.165) is 16.5 Å². The van der Waals surface area contributed by atoms with Crippen LogP contribution < -0.4 is 5.43 Å². The lowest BCUT2D eigenvalue weighted by atomic mass is 10.0. The molecule has 0 aliphatic heterocycles. The van der Waals surface area contributed by atoms with E-state index in [0.29, 0.717) is 5.56 Å². The zero-order chi connectivity index (χ0) is 11.5. The van der Waals surface area contributed by atoms with E-state index in [4.69, 9.17) is 5.26 Å². The minimum atomic E-state index is 0.708. The Kier molecular flexibility index (Phi) is 2.76. The third-order valence-corrected chi connectivity index (χ3v) is 2.39. The summed E-state index contributed by atoms with van der Waals surface area (Å²) < 4.78 is 0. The van der Waals surface area contributed by atoms with Crippen LogP contribution in [0.15, 0.2) is 36.4 Å². The van der Waals surface area contributed by atoms with Gasteiger partial charge in [0.1, 0.15) is 0 Å². The Bertz CT molecular complexity index is 553. The van der Waals surface area contributed by atoms with Gasteiger partial charge in [0, 0.05) is 24.9 Å². The highest BCUT2D eigenvalue weighted by Crippen LogP contribution is 2.26. The van der Waals surface area contributed by atoms with Crippen molar-refractivity contribution >= 4 is 16.5 Å². The van der Waals surface area contributed by atoms with Gasteiger partial charge in [-0.3, -0.25) is 0 Å². The van der Waals surface area contributed by atoms with Gasteiger partial charge < -0.3 is 5.43 Å². The molecule has 0 radical (unpaired) electrons. The predicted octanol–water partition coefficient (Wildman–Crippen LogP) is 2.60. The number of fused-ring (bicyclic) bond motifs is 1. The first-order valence-corrected chi connectivity index (χ1v) is 5.08. The molecule has 2 aromatic rings. The lowest BCUT2D eigenvalue weighted by molar-refractivity contribution is 0.496. The summed E-state index contributed by atoms with van der Waals surface area (Å²) in [5.74, 6) is 0. The second-order valence-corrected chi connectivity index (χ2v) is 3.82. The Hall–Kier alpha value is -2.05. The Morgan fingerprint density at radius 1 is 1.06 bits per heavy atom. The van der Waals surface area contributed by atoms with Crippen LogP contribution in [0, 0.1) is 11.3 Å². The van der Waals surface area contributed by atoms with Gasteiger partial charge >= 0.3 is 0 Å². The molecule has 0 aromatic heterocycles. The van der Waals surface area contributed by atoms with Crippen molar-refractivity contribution in [2.75, 3.05) is 19.5 Å². The van der Waals surface area contributed by atoms with Crippen LogP contribution in [0.1, 0.15) is 5.56 Å². The third-order valence-electron chi connectivity index (χ3n) is 2.39. The molecule has 2 rings (SSSR count). The predicted molar refractivity (Wildman–Crippen MR) is 66.0 cm³/mol. The molecule has 0 fully saturated rings. The highest BCUT2D eigenvalue weighted by atomic mass is 15.5. The first kappa shape index (κ1) is 10.5. The molecule has 3 nitrogen and oxygen atoms in total. The van der Waals surface area contributed by atoms with E-state index in [-0.39, 0.29) is 0 Å². The van der Waals surface area contributed by atoms with Gasteiger partial charge in [-0.1, -0.05) is 24.3 Å². The average molecular weight is 211 g/mol. The van der Waals surface area contributed by atoms with Crippen LogP contribution in [0.5, 0.6) is 0 Å². The fourth-order valence-corrected chi connectivity index (χ4v) is 1.73. The van der Waals surface area contributed by atoms with Crippen LogP contribution >= 0.6 is 0 Å². The number of rotatable bonds is 2. The molecule has 0 heterocycles. The van der Waals surface area contributed by atoms with Gasteiger partial charge in [0.2, 0.25) is 0 Å². The maximum atomic E-state index is 9.03. The number of hydrogen-bond acceptors (Lipinski definition) is 3. The number of nitrogens with zero attached hydrogens (tertiary/aromatic N) is 2. The normalized spacial score (nSPS) is 10.4. The number of hydrogen-bond donors (Lipinski definition) is 1. The maximum absolute atomic E-state index is 9.03. The van der Waals surface area contributed by atoms with Crippen molar-refractivity contribution in [3.63, 3.8) is 0 Å². The van der Waals surface area contributed by atoms with E-state index < -0.39 is 0 Å². The Balaban J connectivity index is 2.66. The number of anilines is 1. The monoisotopic (exact) mass is 211 g/mol. The van der Waals surface area contributed by atoms with Crippen molar-refractivity contribution in [3.8, 4) is 6.07 Å². The summed E-state index contributed by atoms with van der Waals surface area (Å²) in [6.45, 7) is 0. The fourth-order valence-electron chi connectivity index (χ4n) is 1.73. The van der Waals surface area contributed by atoms with E-state index in [1.807, 2.05) is 55.5 Å². The van der Waals surface area contributed by atoms with Crippen LogP contribution in [0.3, 0.4) is 0 Å². The van der Waals surface area contributed by atoms with Crippen LogP contribution in [0.4, 0.5) is 5.69 Å². The van der Waals surface area contributed by atoms with Gasteiger partial charge in [0.05, 0.1) is 17.3 Å². The van der Waals surface area contributed by atoms with E-state index in [1.54, 1.807) is 0 Å². The smallest absolute Gasteiger partial charge is 0.0998 e. The van der Waals surface area contributed by atoms with Gasteiger partial charge in [-0.2, -0.15) is 5.26 Å². The molecule has 80 valence electrons. The van der Waals surface area contributed by atoms with Crippen molar-refractivity contribution in [3.05, 3.63) is 42.0 Å². The topological polar surface area (TPSA) is 39.1 Å². The van der Waals surface area contributed by atoms with Crippen molar-refractivity contribution in [2.45, 2.75) is 0 Å². The number of nitrogens with one attached hydrogen (secondary N) is 1. The molecular weight excluding hydrogens is 198 g/mol. The zero-order valence-electron chi connectivity index (χ0n) is 9.36. The SMILES string of the molecule is CN(C)Nc1ccc(C#N)c2ccccc12. The Morgan fingerprint density at radius 3 is 2.38 bits per heavy atom. The maximum Gasteiger partial charge on any atom is 0.0998 e. The van der Waals surface area contributed by atoms with E-state index in [1.165, 1.54) is 0 Å². The van der Waals surface area contributed by atoms with Crippen molar-refractivity contribution in [1.29, 1.82) is 5.26 Å². The zero-order valence-corrected chi connectivity index (χ0v) is 9.36. The van der Waals surface area contributed by atoms with Gasteiger partial charge in [0.25, 0.3) is 0 Å². The Labute approximate surface area is 94.9 Å². The molecule has 1 N–H and O–H groups in total. The van der Waals surface area contributed by atoms with Gasteiger partial charge in [-0.15, -0.1) is 0 Å². The molecular formula is C13H13N3. The second-order valence-electron chi connectivity index (χ2n) is 3.82. The summed E-state index contributed by atoms with van der Waals surface area (Å²) in [6, 6.07) is 13.9. The van der Waals surface area contributed by atoms with Crippen LogP contribution in [0.25, 0.3) is 10.8 Å². The third kappa shape index (κ3) is 1.83. The minimum absolute atomic E-state index is 0.708. The number of nitriles is 1. The molecule has 0 atom stereocenters. The summed E-state index contributed by atoms with van der Waals surface area (Å²) in [5, 5.41) is 13.0. The molecule has 3 heteroatoms. The molecule has 0 saturated heterocycles. The first-order chi connectivity index (χ1) is 7.72. The van der Waals surface area contributed by atoms with Crippen molar-refractivity contribution < 1.29 is 0 Å². The number of hydrazine groups is 1. The number of benzene rings is 2. The van der Waals surface area contributed by atoms with E-state index >= 15 is 0 Å².